The molecule has 14 heavy (non-hydrogen) atoms. The second-order valence-corrected chi connectivity index (χ2v) is 2.85. The van der Waals surface area contributed by atoms with E-state index in [2.05, 4.69) is 4.98 Å². The topological polar surface area (TPSA) is 50.2 Å². The molecule has 0 fully saturated rings. The van der Waals surface area contributed by atoms with Gasteiger partial charge in [-0.15, -0.1) is 0 Å². The first-order valence-electron chi connectivity index (χ1n) is 4.18. The fourth-order valence-electron chi connectivity index (χ4n) is 0.945. The Labute approximate surface area is 82.4 Å². The first kappa shape index (κ1) is 10.2. The molecular weight excluding hydrogens is 178 g/mol. The molecule has 1 N–H and O–H groups in total. The summed E-state index contributed by atoms with van der Waals surface area (Å²) in [6.07, 6.45) is 8.13. The van der Waals surface area contributed by atoms with E-state index in [1.165, 1.54) is 0 Å². The van der Waals surface area contributed by atoms with Gasteiger partial charge < -0.3 is 5.11 Å². The second kappa shape index (κ2) is 4.97. The lowest BCUT2D eigenvalue weighted by molar-refractivity contribution is -0.131. The van der Waals surface area contributed by atoms with Crippen molar-refractivity contribution in [1.82, 2.24) is 4.98 Å². The number of pyridine rings is 1. The second-order valence-electron chi connectivity index (χ2n) is 2.85. The summed E-state index contributed by atoms with van der Waals surface area (Å²) in [4.78, 5) is 14.2. The van der Waals surface area contributed by atoms with Gasteiger partial charge in [0.1, 0.15) is 0 Å². The van der Waals surface area contributed by atoms with E-state index in [9.17, 15) is 4.79 Å². The van der Waals surface area contributed by atoms with E-state index < -0.39 is 5.97 Å². The van der Waals surface area contributed by atoms with E-state index in [1.54, 1.807) is 25.4 Å². The average molecular weight is 189 g/mol. The average Bonchev–Trinajstić information content (AvgIpc) is 2.15. The lowest BCUT2D eigenvalue weighted by Crippen LogP contribution is -1.87. The molecule has 1 aromatic heterocycles. The summed E-state index contributed by atoms with van der Waals surface area (Å²) in [6, 6.07) is 3.73. The molecule has 0 aromatic carbocycles. The molecule has 0 amide bonds. The molecule has 72 valence electrons. The maximum Gasteiger partial charge on any atom is 0.328 e. The van der Waals surface area contributed by atoms with Crippen molar-refractivity contribution in [2.45, 2.75) is 6.92 Å². The fourth-order valence-corrected chi connectivity index (χ4v) is 0.945. The van der Waals surface area contributed by atoms with Crippen molar-refractivity contribution in [2.75, 3.05) is 0 Å². The highest BCUT2D eigenvalue weighted by Crippen LogP contribution is 2.02. The van der Waals surface area contributed by atoms with Crippen LogP contribution in [0.3, 0.4) is 0 Å². The number of rotatable bonds is 3. The largest absolute Gasteiger partial charge is 0.478 e. The zero-order valence-corrected chi connectivity index (χ0v) is 7.84. The Morgan fingerprint density at radius 3 is 2.93 bits per heavy atom. The summed E-state index contributed by atoms with van der Waals surface area (Å²) in [6.45, 7) is 1.74. The fraction of sp³-hybridized carbons (Fsp3) is 0.0909. The van der Waals surface area contributed by atoms with Gasteiger partial charge in [-0.05, 0) is 24.1 Å². The van der Waals surface area contributed by atoms with Gasteiger partial charge in [0.15, 0.2) is 0 Å². The molecule has 3 nitrogen and oxygen atoms in total. The molecule has 0 aliphatic rings. The van der Waals surface area contributed by atoms with Crippen LogP contribution in [-0.2, 0) is 4.79 Å². The molecule has 0 saturated carbocycles. The number of nitrogens with zero attached hydrogens (tertiary/aromatic N) is 1. The summed E-state index contributed by atoms with van der Waals surface area (Å²) in [5, 5.41) is 8.46. The van der Waals surface area contributed by atoms with Crippen LogP contribution >= 0.6 is 0 Å². The Balaban J connectivity index is 2.70. The summed E-state index contributed by atoms with van der Waals surface area (Å²) in [5.74, 6) is -0.932. The van der Waals surface area contributed by atoms with Gasteiger partial charge in [0, 0.05) is 18.5 Å². The van der Waals surface area contributed by atoms with Crippen LogP contribution in [0.25, 0.3) is 6.08 Å². The van der Waals surface area contributed by atoms with Gasteiger partial charge in [0.05, 0.1) is 0 Å². The van der Waals surface area contributed by atoms with Crippen LogP contribution in [0.5, 0.6) is 0 Å². The van der Waals surface area contributed by atoms with Crippen LogP contribution in [0, 0.1) is 0 Å². The number of aliphatic carboxylic acids is 1. The SMILES string of the molecule is C/C(C=Cc1cccnc1)=C/C(=O)O. The van der Waals surface area contributed by atoms with E-state index >= 15 is 0 Å². The zero-order chi connectivity index (χ0) is 10.4. The third-order valence-corrected chi connectivity index (χ3v) is 1.57. The molecule has 3 heteroatoms. The Morgan fingerprint density at radius 1 is 1.57 bits per heavy atom. The van der Waals surface area contributed by atoms with Crippen LogP contribution < -0.4 is 0 Å². The van der Waals surface area contributed by atoms with Crippen molar-refractivity contribution >= 4 is 12.0 Å². The predicted octanol–water partition coefficient (Wildman–Crippen LogP) is 2.13. The molecule has 0 bridgehead atoms. The lowest BCUT2D eigenvalue weighted by Gasteiger charge is -1.91. The molecule has 1 aromatic rings. The van der Waals surface area contributed by atoms with Crippen LogP contribution in [0.4, 0.5) is 0 Å². The Kier molecular flexibility index (Phi) is 3.61. The molecule has 0 unspecified atom stereocenters. The lowest BCUT2D eigenvalue weighted by atomic mass is 10.2. The first-order valence-corrected chi connectivity index (χ1v) is 4.18. The number of carboxylic acids is 1. The maximum absolute atomic E-state index is 10.3. The number of carbonyl (C=O) groups is 1. The van der Waals surface area contributed by atoms with Gasteiger partial charge in [-0.3, -0.25) is 4.98 Å². The molecular formula is C11H11NO2. The molecule has 1 heterocycles. The highest BCUT2D eigenvalue weighted by atomic mass is 16.4. The molecule has 0 atom stereocenters. The number of allylic oxidation sites excluding steroid dienone is 2. The van der Waals surface area contributed by atoms with Crippen LogP contribution in [0.15, 0.2) is 42.3 Å². The zero-order valence-electron chi connectivity index (χ0n) is 7.84. The van der Waals surface area contributed by atoms with E-state index in [0.717, 1.165) is 11.6 Å². The Bertz CT molecular complexity index is 366. The number of carboxylic acid groups (broad SMARTS) is 1. The highest BCUT2D eigenvalue weighted by Gasteiger charge is 1.89. The van der Waals surface area contributed by atoms with Gasteiger partial charge in [-0.2, -0.15) is 0 Å². The van der Waals surface area contributed by atoms with Gasteiger partial charge in [-0.1, -0.05) is 18.2 Å². The van der Waals surface area contributed by atoms with Crippen LogP contribution in [-0.4, -0.2) is 16.1 Å². The Hall–Kier alpha value is -1.90. The van der Waals surface area contributed by atoms with Gasteiger partial charge in [0.2, 0.25) is 0 Å². The van der Waals surface area contributed by atoms with E-state index in [1.807, 2.05) is 18.2 Å². The van der Waals surface area contributed by atoms with Crippen LogP contribution in [0.2, 0.25) is 0 Å². The molecule has 0 aliphatic heterocycles. The third kappa shape index (κ3) is 3.67. The van der Waals surface area contributed by atoms with E-state index in [4.69, 9.17) is 5.11 Å². The molecule has 0 radical (unpaired) electrons. The monoisotopic (exact) mass is 189 g/mol. The van der Waals surface area contributed by atoms with Crippen molar-refractivity contribution in [2.24, 2.45) is 0 Å². The van der Waals surface area contributed by atoms with Crippen molar-refractivity contribution in [3.05, 3.63) is 47.8 Å². The van der Waals surface area contributed by atoms with Crippen molar-refractivity contribution in [3.63, 3.8) is 0 Å². The third-order valence-electron chi connectivity index (χ3n) is 1.57. The summed E-state index contributed by atoms with van der Waals surface area (Å²) >= 11 is 0. The van der Waals surface area contributed by atoms with Gasteiger partial charge >= 0.3 is 5.97 Å². The van der Waals surface area contributed by atoms with E-state index in [0.29, 0.717) is 5.57 Å². The maximum atomic E-state index is 10.3. The standard InChI is InChI=1S/C11H11NO2/c1-9(7-11(13)14)4-5-10-3-2-6-12-8-10/h2-8H,1H3,(H,13,14)/b5-4?,9-7-. The highest BCUT2D eigenvalue weighted by molar-refractivity contribution is 5.81. The number of aromatic nitrogens is 1. The normalized spacial score (nSPS) is 11.9. The summed E-state index contributed by atoms with van der Waals surface area (Å²) in [7, 11) is 0. The molecule has 0 spiro atoms. The first-order chi connectivity index (χ1) is 6.68. The van der Waals surface area contributed by atoms with Crippen molar-refractivity contribution < 1.29 is 9.90 Å². The summed E-state index contributed by atoms with van der Waals surface area (Å²) < 4.78 is 0. The quantitative estimate of drug-likeness (QED) is 0.585. The van der Waals surface area contributed by atoms with Crippen molar-refractivity contribution in [3.8, 4) is 0 Å². The minimum absolute atomic E-state index is 0.696. The summed E-state index contributed by atoms with van der Waals surface area (Å²) in [5.41, 5.74) is 1.65. The molecule has 0 saturated heterocycles. The number of hydrogen-bond acceptors (Lipinski definition) is 2. The molecule has 1 rings (SSSR count). The predicted molar refractivity (Wildman–Crippen MR) is 54.7 cm³/mol. The number of hydrogen-bond donors (Lipinski definition) is 1. The Morgan fingerprint density at radius 2 is 2.36 bits per heavy atom. The minimum atomic E-state index is -0.932. The van der Waals surface area contributed by atoms with Gasteiger partial charge in [-0.25, -0.2) is 4.79 Å². The van der Waals surface area contributed by atoms with Crippen molar-refractivity contribution in [1.29, 1.82) is 0 Å². The van der Waals surface area contributed by atoms with Gasteiger partial charge in [0.25, 0.3) is 0 Å². The minimum Gasteiger partial charge on any atom is -0.478 e. The molecule has 0 aliphatic carbocycles. The van der Waals surface area contributed by atoms with Crippen LogP contribution in [0.1, 0.15) is 12.5 Å². The smallest absolute Gasteiger partial charge is 0.328 e. The van der Waals surface area contributed by atoms with E-state index in [-0.39, 0.29) is 0 Å².